The Kier molecular flexibility index (Phi) is 6.90. The van der Waals surface area contributed by atoms with E-state index in [2.05, 4.69) is 216 Å². The van der Waals surface area contributed by atoms with Crippen LogP contribution in [0.2, 0.25) is 0 Å². The third-order valence-corrected chi connectivity index (χ3v) is 11.1. The van der Waals surface area contributed by atoms with Gasteiger partial charge in [-0.2, -0.15) is 0 Å². The molecule has 0 N–H and O–H groups in total. The van der Waals surface area contributed by atoms with Crippen LogP contribution in [0.15, 0.2) is 206 Å². The standard InChI is InChI=1S/C52H34N2/c1-4-12-35(13-5-1)36-22-27-43(28-23-36)54-48-19-11-10-18-46(48)52-47-33-32-45-44(31-26-38-20-21-39(34-49(52)54)51(47)50(38)45)37-24-29-42(30-25-37)53(40-14-6-2-7-15-40)41-16-8-3-9-17-41/h1-34H. The molecule has 0 spiro atoms. The van der Waals surface area contributed by atoms with Gasteiger partial charge in [0, 0.05) is 33.5 Å². The van der Waals surface area contributed by atoms with Crippen molar-refractivity contribution in [3.63, 3.8) is 0 Å². The zero-order chi connectivity index (χ0) is 35.6. The van der Waals surface area contributed by atoms with Crippen LogP contribution >= 0.6 is 0 Å². The van der Waals surface area contributed by atoms with Crippen LogP contribution in [0.25, 0.3) is 82.1 Å². The van der Waals surface area contributed by atoms with Gasteiger partial charge in [-0.15, -0.1) is 0 Å². The van der Waals surface area contributed by atoms with Crippen molar-refractivity contribution in [2.45, 2.75) is 0 Å². The van der Waals surface area contributed by atoms with Gasteiger partial charge in [0.05, 0.1) is 11.0 Å². The zero-order valence-electron chi connectivity index (χ0n) is 29.5. The van der Waals surface area contributed by atoms with Crippen molar-refractivity contribution < 1.29 is 0 Å². The first-order valence-electron chi connectivity index (χ1n) is 18.6. The Morgan fingerprint density at radius 3 is 1.57 bits per heavy atom. The summed E-state index contributed by atoms with van der Waals surface area (Å²) in [7, 11) is 0. The summed E-state index contributed by atoms with van der Waals surface area (Å²) >= 11 is 0. The van der Waals surface area contributed by atoms with Crippen molar-refractivity contribution in [1.82, 2.24) is 4.57 Å². The summed E-state index contributed by atoms with van der Waals surface area (Å²) in [6, 6.07) is 75.0. The van der Waals surface area contributed by atoms with Gasteiger partial charge in [0.25, 0.3) is 0 Å². The molecule has 0 atom stereocenters. The lowest BCUT2D eigenvalue weighted by Crippen LogP contribution is -2.09. The van der Waals surface area contributed by atoms with Gasteiger partial charge >= 0.3 is 0 Å². The minimum absolute atomic E-state index is 1.13. The maximum absolute atomic E-state index is 2.44. The molecule has 10 aromatic carbocycles. The second kappa shape index (κ2) is 12.2. The van der Waals surface area contributed by atoms with Crippen LogP contribution in [-0.4, -0.2) is 4.57 Å². The summed E-state index contributed by atoms with van der Waals surface area (Å²) < 4.78 is 2.44. The van der Waals surface area contributed by atoms with Crippen LogP contribution < -0.4 is 4.90 Å². The normalized spacial score (nSPS) is 11.7. The molecule has 0 aliphatic rings. The third-order valence-electron chi connectivity index (χ3n) is 11.1. The number of aromatic nitrogens is 1. The van der Waals surface area contributed by atoms with Crippen molar-refractivity contribution in [2.24, 2.45) is 0 Å². The monoisotopic (exact) mass is 686 g/mol. The molecule has 2 nitrogen and oxygen atoms in total. The number of hydrogen-bond donors (Lipinski definition) is 0. The Morgan fingerprint density at radius 2 is 0.852 bits per heavy atom. The van der Waals surface area contributed by atoms with E-state index in [0.717, 1.165) is 22.7 Å². The summed E-state index contributed by atoms with van der Waals surface area (Å²) in [5.41, 5.74) is 11.9. The fraction of sp³-hybridized carbons (Fsp3) is 0. The largest absolute Gasteiger partial charge is 0.311 e. The summed E-state index contributed by atoms with van der Waals surface area (Å²) in [6.45, 7) is 0. The molecule has 2 heteroatoms. The Balaban J connectivity index is 1.07. The molecule has 54 heavy (non-hydrogen) atoms. The SMILES string of the molecule is c1ccc(-c2ccc(-n3c4ccccc4c4c5ccc6c(-c7ccc(N(c8ccccc8)c8ccccc8)cc7)ccc7ccc(cc43)c5c76)cc2)cc1. The van der Waals surface area contributed by atoms with Gasteiger partial charge in [0.15, 0.2) is 0 Å². The van der Waals surface area contributed by atoms with Gasteiger partial charge in [-0.1, -0.05) is 146 Å². The van der Waals surface area contributed by atoms with E-state index in [1.807, 2.05) is 0 Å². The zero-order valence-corrected chi connectivity index (χ0v) is 29.5. The molecule has 0 fully saturated rings. The summed E-state index contributed by atoms with van der Waals surface area (Å²) in [5, 5.41) is 10.3. The lowest BCUT2D eigenvalue weighted by molar-refractivity contribution is 1.18. The van der Waals surface area contributed by atoms with Crippen LogP contribution in [0, 0.1) is 0 Å². The minimum atomic E-state index is 1.13. The Hall–Kier alpha value is -7.16. The van der Waals surface area contributed by atoms with E-state index in [0.29, 0.717) is 0 Å². The minimum Gasteiger partial charge on any atom is -0.311 e. The van der Waals surface area contributed by atoms with Crippen LogP contribution in [0.1, 0.15) is 0 Å². The van der Waals surface area contributed by atoms with Gasteiger partial charge in [0.1, 0.15) is 0 Å². The Labute approximate surface area is 313 Å². The Bertz CT molecular complexity index is 3070. The fourth-order valence-corrected chi connectivity index (χ4v) is 8.68. The van der Waals surface area contributed by atoms with Gasteiger partial charge in [-0.05, 0) is 115 Å². The highest BCUT2D eigenvalue weighted by Gasteiger charge is 2.20. The van der Waals surface area contributed by atoms with E-state index in [1.54, 1.807) is 0 Å². The predicted molar refractivity (Wildman–Crippen MR) is 230 cm³/mol. The highest BCUT2D eigenvalue weighted by atomic mass is 15.1. The maximum atomic E-state index is 2.44. The van der Waals surface area contributed by atoms with Gasteiger partial charge in [-0.3, -0.25) is 0 Å². The second-order valence-corrected chi connectivity index (χ2v) is 14.1. The van der Waals surface area contributed by atoms with Crippen molar-refractivity contribution in [2.75, 3.05) is 4.90 Å². The van der Waals surface area contributed by atoms with E-state index >= 15 is 0 Å². The molecular weight excluding hydrogens is 653 g/mol. The van der Waals surface area contributed by atoms with E-state index in [1.165, 1.54) is 76.4 Å². The summed E-state index contributed by atoms with van der Waals surface area (Å²) in [4.78, 5) is 2.31. The van der Waals surface area contributed by atoms with Crippen molar-refractivity contribution in [1.29, 1.82) is 0 Å². The highest BCUT2D eigenvalue weighted by molar-refractivity contribution is 6.34. The van der Waals surface area contributed by atoms with E-state index < -0.39 is 0 Å². The number of anilines is 3. The summed E-state index contributed by atoms with van der Waals surface area (Å²) in [5.74, 6) is 0. The van der Waals surface area contributed by atoms with Gasteiger partial charge in [0.2, 0.25) is 0 Å². The van der Waals surface area contributed by atoms with E-state index in [9.17, 15) is 0 Å². The predicted octanol–water partition coefficient (Wildman–Crippen LogP) is 14.5. The molecule has 0 aliphatic carbocycles. The number of hydrogen-bond acceptors (Lipinski definition) is 1. The van der Waals surface area contributed by atoms with Crippen molar-refractivity contribution >= 4 is 71.2 Å². The smallest absolute Gasteiger partial charge is 0.0553 e. The first-order chi connectivity index (χ1) is 26.8. The topological polar surface area (TPSA) is 8.17 Å². The molecule has 0 saturated carbocycles. The maximum Gasteiger partial charge on any atom is 0.0553 e. The van der Waals surface area contributed by atoms with Crippen molar-refractivity contribution in [3.8, 4) is 27.9 Å². The molecule has 11 aromatic rings. The van der Waals surface area contributed by atoms with Crippen LogP contribution in [0.3, 0.4) is 0 Å². The van der Waals surface area contributed by atoms with Gasteiger partial charge < -0.3 is 9.47 Å². The molecule has 1 heterocycles. The van der Waals surface area contributed by atoms with Crippen LogP contribution in [0.4, 0.5) is 17.1 Å². The second-order valence-electron chi connectivity index (χ2n) is 14.1. The molecule has 0 radical (unpaired) electrons. The molecule has 0 saturated heterocycles. The Morgan fingerprint density at radius 1 is 0.315 bits per heavy atom. The molecule has 11 rings (SSSR count). The number of nitrogens with zero attached hydrogens (tertiary/aromatic N) is 2. The molecule has 0 bridgehead atoms. The first kappa shape index (κ1) is 30.5. The molecule has 0 aliphatic heterocycles. The third kappa shape index (κ3) is 4.74. The number of benzene rings is 10. The number of para-hydroxylation sites is 3. The lowest BCUT2D eigenvalue weighted by atomic mass is 9.88. The lowest BCUT2D eigenvalue weighted by Gasteiger charge is -2.25. The number of rotatable bonds is 6. The highest BCUT2D eigenvalue weighted by Crippen LogP contribution is 2.45. The number of fused-ring (bicyclic) bond motifs is 4. The average Bonchev–Trinajstić information content (AvgIpc) is 3.58. The molecule has 1 aromatic heterocycles. The molecular formula is C52H34N2. The first-order valence-corrected chi connectivity index (χ1v) is 18.6. The fourth-order valence-electron chi connectivity index (χ4n) is 8.68. The van der Waals surface area contributed by atoms with Gasteiger partial charge in [-0.25, -0.2) is 0 Å². The average molecular weight is 687 g/mol. The van der Waals surface area contributed by atoms with E-state index in [-0.39, 0.29) is 0 Å². The molecule has 0 unspecified atom stereocenters. The van der Waals surface area contributed by atoms with Crippen LogP contribution in [-0.2, 0) is 0 Å². The summed E-state index contributed by atoms with van der Waals surface area (Å²) in [6.07, 6.45) is 0. The van der Waals surface area contributed by atoms with Crippen molar-refractivity contribution in [3.05, 3.63) is 206 Å². The van der Waals surface area contributed by atoms with E-state index in [4.69, 9.17) is 0 Å². The molecule has 252 valence electrons. The molecule has 0 amide bonds. The van der Waals surface area contributed by atoms with Crippen LogP contribution in [0.5, 0.6) is 0 Å². The quantitative estimate of drug-likeness (QED) is 0.158.